The third kappa shape index (κ3) is 2.39. The van der Waals surface area contributed by atoms with Crippen molar-refractivity contribution in [3.05, 3.63) is 42.1 Å². The fourth-order valence-corrected chi connectivity index (χ4v) is 1.83. The Hall–Kier alpha value is -1.41. The van der Waals surface area contributed by atoms with E-state index in [1.54, 1.807) is 0 Å². The first-order valence-corrected chi connectivity index (χ1v) is 5.89. The summed E-state index contributed by atoms with van der Waals surface area (Å²) >= 11 is 0. The van der Waals surface area contributed by atoms with Crippen LogP contribution in [0.15, 0.2) is 36.5 Å². The summed E-state index contributed by atoms with van der Waals surface area (Å²) in [4.78, 5) is 4.38. The minimum absolute atomic E-state index is 0.395. The molecule has 2 heteroatoms. The highest BCUT2D eigenvalue weighted by molar-refractivity contribution is 5.78. The number of hydrogen-bond donors (Lipinski definition) is 1. The van der Waals surface area contributed by atoms with Crippen molar-refractivity contribution in [1.82, 2.24) is 10.3 Å². The molecule has 0 aliphatic heterocycles. The van der Waals surface area contributed by atoms with Crippen LogP contribution in [-0.2, 0) is 0 Å². The van der Waals surface area contributed by atoms with Crippen molar-refractivity contribution >= 4 is 10.9 Å². The Morgan fingerprint density at radius 2 is 2.19 bits per heavy atom. The highest BCUT2D eigenvalue weighted by Crippen LogP contribution is 2.18. The molecule has 1 N–H and O–H groups in total. The zero-order valence-corrected chi connectivity index (χ0v) is 9.90. The Morgan fingerprint density at radius 3 is 3.00 bits per heavy atom. The third-order valence-corrected chi connectivity index (χ3v) is 2.83. The standard InChI is InChI=1S/C14H18N2/c1-3-8-15-11(2)13-7-6-12-5-4-9-16-14(12)10-13/h4-7,9-11,15H,3,8H2,1-2H3. The normalized spacial score (nSPS) is 12.9. The summed E-state index contributed by atoms with van der Waals surface area (Å²) in [6.07, 6.45) is 3.01. The topological polar surface area (TPSA) is 24.9 Å². The molecule has 1 aromatic heterocycles. The maximum absolute atomic E-state index is 4.38. The summed E-state index contributed by atoms with van der Waals surface area (Å²) in [7, 11) is 0. The molecule has 0 amide bonds. The van der Waals surface area contributed by atoms with Crippen LogP contribution in [0.4, 0.5) is 0 Å². The van der Waals surface area contributed by atoms with Gasteiger partial charge in [-0.3, -0.25) is 4.98 Å². The number of fused-ring (bicyclic) bond motifs is 1. The molecule has 0 fully saturated rings. The number of aromatic nitrogens is 1. The van der Waals surface area contributed by atoms with Crippen LogP contribution in [0.3, 0.4) is 0 Å². The van der Waals surface area contributed by atoms with Crippen LogP contribution in [0.2, 0.25) is 0 Å². The molecule has 84 valence electrons. The largest absolute Gasteiger partial charge is 0.310 e. The van der Waals surface area contributed by atoms with Crippen LogP contribution in [-0.4, -0.2) is 11.5 Å². The summed E-state index contributed by atoms with van der Waals surface area (Å²) in [5.74, 6) is 0. The summed E-state index contributed by atoms with van der Waals surface area (Å²) < 4.78 is 0. The average molecular weight is 214 g/mol. The van der Waals surface area contributed by atoms with Gasteiger partial charge in [-0.05, 0) is 37.6 Å². The van der Waals surface area contributed by atoms with Crippen LogP contribution in [0, 0.1) is 0 Å². The van der Waals surface area contributed by atoms with Gasteiger partial charge >= 0.3 is 0 Å². The highest BCUT2D eigenvalue weighted by Gasteiger charge is 2.04. The van der Waals surface area contributed by atoms with Gasteiger partial charge in [-0.25, -0.2) is 0 Å². The lowest BCUT2D eigenvalue weighted by Crippen LogP contribution is -2.19. The number of nitrogens with zero attached hydrogens (tertiary/aromatic N) is 1. The van der Waals surface area contributed by atoms with E-state index in [1.165, 1.54) is 10.9 Å². The number of benzene rings is 1. The second-order valence-electron chi connectivity index (χ2n) is 4.13. The van der Waals surface area contributed by atoms with E-state index in [1.807, 2.05) is 12.3 Å². The number of rotatable bonds is 4. The second-order valence-corrected chi connectivity index (χ2v) is 4.13. The minimum atomic E-state index is 0.395. The molecular weight excluding hydrogens is 196 g/mol. The Bertz CT molecular complexity index is 465. The maximum Gasteiger partial charge on any atom is 0.0705 e. The van der Waals surface area contributed by atoms with E-state index >= 15 is 0 Å². The molecule has 2 nitrogen and oxygen atoms in total. The van der Waals surface area contributed by atoms with Crippen molar-refractivity contribution < 1.29 is 0 Å². The van der Waals surface area contributed by atoms with Crippen LogP contribution >= 0.6 is 0 Å². The summed E-state index contributed by atoms with van der Waals surface area (Å²) in [5.41, 5.74) is 2.38. The van der Waals surface area contributed by atoms with E-state index in [0.29, 0.717) is 6.04 Å². The van der Waals surface area contributed by atoms with E-state index < -0.39 is 0 Å². The molecule has 0 radical (unpaired) electrons. The second kappa shape index (κ2) is 5.08. The van der Waals surface area contributed by atoms with Crippen molar-refractivity contribution in [3.8, 4) is 0 Å². The van der Waals surface area contributed by atoms with Crippen molar-refractivity contribution in [2.45, 2.75) is 26.3 Å². The number of hydrogen-bond acceptors (Lipinski definition) is 2. The molecule has 1 heterocycles. The molecule has 0 saturated heterocycles. The lowest BCUT2D eigenvalue weighted by atomic mass is 10.1. The summed E-state index contributed by atoms with van der Waals surface area (Å²) in [5, 5.41) is 4.69. The van der Waals surface area contributed by atoms with Gasteiger partial charge in [0.1, 0.15) is 0 Å². The summed E-state index contributed by atoms with van der Waals surface area (Å²) in [6, 6.07) is 10.9. The Kier molecular flexibility index (Phi) is 3.52. The van der Waals surface area contributed by atoms with Gasteiger partial charge in [0.05, 0.1) is 5.52 Å². The monoisotopic (exact) mass is 214 g/mol. The molecule has 0 spiro atoms. The number of nitrogens with one attached hydrogen (secondary N) is 1. The van der Waals surface area contributed by atoms with E-state index in [2.05, 4.69) is 48.4 Å². The van der Waals surface area contributed by atoms with Crippen LogP contribution in [0.5, 0.6) is 0 Å². The molecule has 1 atom stereocenters. The van der Waals surface area contributed by atoms with Crippen LogP contribution in [0.25, 0.3) is 10.9 Å². The molecule has 16 heavy (non-hydrogen) atoms. The maximum atomic E-state index is 4.38. The highest BCUT2D eigenvalue weighted by atomic mass is 14.9. The molecule has 2 aromatic rings. The smallest absolute Gasteiger partial charge is 0.0705 e. The van der Waals surface area contributed by atoms with E-state index in [-0.39, 0.29) is 0 Å². The molecule has 1 unspecified atom stereocenters. The molecule has 2 rings (SSSR count). The van der Waals surface area contributed by atoms with Gasteiger partial charge in [0.2, 0.25) is 0 Å². The lowest BCUT2D eigenvalue weighted by Gasteiger charge is -2.13. The van der Waals surface area contributed by atoms with Crippen molar-refractivity contribution in [3.63, 3.8) is 0 Å². The molecule has 0 aliphatic rings. The predicted octanol–water partition coefficient (Wildman–Crippen LogP) is 3.30. The molecular formula is C14H18N2. The van der Waals surface area contributed by atoms with Gasteiger partial charge in [-0.1, -0.05) is 25.1 Å². The van der Waals surface area contributed by atoms with E-state index in [0.717, 1.165) is 18.5 Å². The van der Waals surface area contributed by atoms with Crippen molar-refractivity contribution in [1.29, 1.82) is 0 Å². The SMILES string of the molecule is CCCNC(C)c1ccc2cccnc2c1. The van der Waals surface area contributed by atoms with Crippen molar-refractivity contribution in [2.24, 2.45) is 0 Å². The van der Waals surface area contributed by atoms with Gasteiger partial charge in [0.15, 0.2) is 0 Å². The molecule has 0 aliphatic carbocycles. The predicted molar refractivity (Wildman–Crippen MR) is 68.5 cm³/mol. The Labute approximate surface area is 96.7 Å². The fraction of sp³-hybridized carbons (Fsp3) is 0.357. The van der Waals surface area contributed by atoms with E-state index in [9.17, 15) is 0 Å². The minimum Gasteiger partial charge on any atom is -0.310 e. The first kappa shape index (κ1) is 11.1. The lowest BCUT2D eigenvalue weighted by molar-refractivity contribution is 0.571. The van der Waals surface area contributed by atoms with E-state index in [4.69, 9.17) is 0 Å². The fourth-order valence-electron chi connectivity index (χ4n) is 1.83. The molecule has 1 aromatic carbocycles. The number of pyridine rings is 1. The zero-order chi connectivity index (χ0) is 11.4. The van der Waals surface area contributed by atoms with Crippen molar-refractivity contribution in [2.75, 3.05) is 6.54 Å². The zero-order valence-electron chi connectivity index (χ0n) is 9.90. The average Bonchev–Trinajstić information content (AvgIpc) is 2.35. The van der Waals surface area contributed by atoms with Gasteiger partial charge < -0.3 is 5.32 Å². The van der Waals surface area contributed by atoms with Gasteiger partial charge in [0.25, 0.3) is 0 Å². The first-order valence-electron chi connectivity index (χ1n) is 5.89. The molecule has 0 bridgehead atoms. The van der Waals surface area contributed by atoms with Gasteiger partial charge in [0, 0.05) is 17.6 Å². The Balaban J connectivity index is 2.25. The van der Waals surface area contributed by atoms with Crippen LogP contribution in [0.1, 0.15) is 31.9 Å². The Morgan fingerprint density at radius 1 is 1.31 bits per heavy atom. The van der Waals surface area contributed by atoms with Crippen LogP contribution < -0.4 is 5.32 Å². The van der Waals surface area contributed by atoms with Gasteiger partial charge in [-0.15, -0.1) is 0 Å². The van der Waals surface area contributed by atoms with Gasteiger partial charge in [-0.2, -0.15) is 0 Å². The first-order chi connectivity index (χ1) is 7.81. The quantitative estimate of drug-likeness (QED) is 0.844. The molecule has 0 saturated carbocycles. The third-order valence-electron chi connectivity index (χ3n) is 2.83. The summed E-state index contributed by atoms with van der Waals surface area (Å²) in [6.45, 7) is 5.43.